The standard InChI is InChI=1S/C15H18Cl2N4/c1-8(6-18-4)13-9(2)20-15(21-10(13)3)14-12(17)5-11(16)7-19-14/h5,7-8,18H,6H2,1-4H3. The second kappa shape index (κ2) is 6.69. The van der Waals surface area contributed by atoms with Crippen molar-refractivity contribution in [2.24, 2.45) is 0 Å². The lowest BCUT2D eigenvalue weighted by atomic mass is 9.98. The monoisotopic (exact) mass is 324 g/mol. The lowest BCUT2D eigenvalue weighted by molar-refractivity contribution is 0.662. The van der Waals surface area contributed by atoms with E-state index < -0.39 is 0 Å². The molecule has 0 spiro atoms. The van der Waals surface area contributed by atoms with Gasteiger partial charge in [0, 0.05) is 24.1 Å². The van der Waals surface area contributed by atoms with E-state index in [0.717, 1.165) is 23.5 Å². The summed E-state index contributed by atoms with van der Waals surface area (Å²) in [6, 6.07) is 1.65. The summed E-state index contributed by atoms with van der Waals surface area (Å²) < 4.78 is 0. The third-order valence-electron chi connectivity index (χ3n) is 3.35. The summed E-state index contributed by atoms with van der Waals surface area (Å²) >= 11 is 12.1. The first-order chi connectivity index (χ1) is 9.93. The second-order valence-electron chi connectivity index (χ2n) is 5.07. The number of likely N-dealkylation sites (N-methyl/N-ethyl adjacent to an activating group) is 1. The largest absolute Gasteiger partial charge is 0.319 e. The molecule has 0 amide bonds. The van der Waals surface area contributed by atoms with Crippen molar-refractivity contribution in [2.45, 2.75) is 26.7 Å². The summed E-state index contributed by atoms with van der Waals surface area (Å²) in [7, 11) is 1.94. The average molecular weight is 325 g/mol. The first-order valence-electron chi connectivity index (χ1n) is 6.75. The predicted octanol–water partition coefficient (Wildman–Crippen LogP) is 3.79. The Bertz CT molecular complexity index is 635. The summed E-state index contributed by atoms with van der Waals surface area (Å²) in [6.45, 7) is 7.01. The van der Waals surface area contributed by atoms with Gasteiger partial charge >= 0.3 is 0 Å². The number of rotatable bonds is 4. The summed E-state index contributed by atoms with van der Waals surface area (Å²) in [5.74, 6) is 0.879. The maximum absolute atomic E-state index is 6.18. The Hall–Kier alpha value is -1.23. The van der Waals surface area contributed by atoms with Gasteiger partial charge in [-0.25, -0.2) is 15.0 Å². The first-order valence-corrected chi connectivity index (χ1v) is 7.50. The van der Waals surface area contributed by atoms with Crippen molar-refractivity contribution in [1.29, 1.82) is 0 Å². The first kappa shape index (κ1) is 16.1. The molecular weight excluding hydrogens is 307 g/mol. The van der Waals surface area contributed by atoms with Crippen LogP contribution in [-0.4, -0.2) is 28.5 Å². The normalized spacial score (nSPS) is 12.5. The molecule has 2 heterocycles. The average Bonchev–Trinajstić information content (AvgIpc) is 2.37. The molecule has 2 rings (SSSR count). The summed E-state index contributed by atoms with van der Waals surface area (Å²) in [5, 5.41) is 4.13. The molecule has 0 saturated heterocycles. The lowest BCUT2D eigenvalue weighted by Gasteiger charge is -2.17. The van der Waals surface area contributed by atoms with E-state index in [2.05, 4.69) is 27.2 Å². The second-order valence-corrected chi connectivity index (χ2v) is 5.92. The fourth-order valence-electron chi connectivity index (χ4n) is 2.53. The zero-order chi connectivity index (χ0) is 15.6. The van der Waals surface area contributed by atoms with Crippen LogP contribution in [-0.2, 0) is 0 Å². The van der Waals surface area contributed by atoms with Crippen LogP contribution >= 0.6 is 23.2 Å². The molecule has 0 bridgehead atoms. The Kier molecular flexibility index (Phi) is 5.14. The van der Waals surface area contributed by atoms with Crippen molar-refractivity contribution in [1.82, 2.24) is 20.3 Å². The number of nitrogens with one attached hydrogen (secondary N) is 1. The van der Waals surface area contributed by atoms with E-state index in [4.69, 9.17) is 23.2 Å². The summed E-state index contributed by atoms with van der Waals surface area (Å²) in [6.07, 6.45) is 1.55. The molecule has 1 unspecified atom stereocenters. The van der Waals surface area contributed by atoms with E-state index in [1.807, 2.05) is 20.9 Å². The topological polar surface area (TPSA) is 50.7 Å². The summed E-state index contributed by atoms with van der Waals surface area (Å²) in [5.41, 5.74) is 3.62. The number of aryl methyl sites for hydroxylation is 2. The molecular formula is C15H18Cl2N4. The van der Waals surface area contributed by atoms with Crippen LogP contribution < -0.4 is 5.32 Å². The smallest absolute Gasteiger partial charge is 0.180 e. The number of hydrogen-bond donors (Lipinski definition) is 1. The number of nitrogens with zero attached hydrogens (tertiary/aromatic N) is 3. The third-order valence-corrected chi connectivity index (χ3v) is 3.84. The minimum Gasteiger partial charge on any atom is -0.319 e. The maximum Gasteiger partial charge on any atom is 0.180 e. The number of pyridine rings is 1. The number of halogens is 2. The minimum atomic E-state index is 0.345. The van der Waals surface area contributed by atoms with Crippen LogP contribution in [0.5, 0.6) is 0 Å². The molecule has 6 heteroatoms. The maximum atomic E-state index is 6.18. The fraction of sp³-hybridized carbons (Fsp3) is 0.400. The van der Waals surface area contributed by atoms with Gasteiger partial charge < -0.3 is 5.32 Å². The molecule has 0 saturated carbocycles. The highest BCUT2D eigenvalue weighted by atomic mass is 35.5. The Morgan fingerprint density at radius 2 is 1.81 bits per heavy atom. The van der Waals surface area contributed by atoms with E-state index in [1.165, 1.54) is 0 Å². The van der Waals surface area contributed by atoms with E-state index in [9.17, 15) is 0 Å². The number of hydrogen-bond acceptors (Lipinski definition) is 4. The van der Waals surface area contributed by atoms with Crippen LogP contribution in [0.25, 0.3) is 11.5 Å². The van der Waals surface area contributed by atoms with Gasteiger partial charge in [0.05, 0.1) is 10.0 Å². The van der Waals surface area contributed by atoms with Crippen LogP contribution in [0.2, 0.25) is 10.0 Å². The molecule has 1 N–H and O–H groups in total. The van der Waals surface area contributed by atoms with Gasteiger partial charge in [-0.3, -0.25) is 0 Å². The van der Waals surface area contributed by atoms with Gasteiger partial charge in [-0.2, -0.15) is 0 Å². The third kappa shape index (κ3) is 3.51. The minimum absolute atomic E-state index is 0.345. The predicted molar refractivity (Wildman–Crippen MR) is 87.1 cm³/mol. The molecule has 4 nitrogen and oxygen atoms in total. The van der Waals surface area contributed by atoms with Crippen LogP contribution in [0.3, 0.4) is 0 Å². The van der Waals surface area contributed by atoms with Crippen LogP contribution in [0.15, 0.2) is 12.3 Å². The quantitative estimate of drug-likeness (QED) is 0.929. The Morgan fingerprint density at radius 1 is 1.19 bits per heavy atom. The van der Waals surface area contributed by atoms with E-state index in [1.54, 1.807) is 12.3 Å². The van der Waals surface area contributed by atoms with Crippen molar-refractivity contribution in [3.63, 3.8) is 0 Å². The van der Waals surface area contributed by atoms with Crippen LogP contribution in [0, 0.1) is 13.8 Å². The van der Waals surface area contributed by atoms with E-state index in [-0.39, 0.29) is 0 Å². The van der Waals surface area contributed by atoms with Gasteiger partial charge in [0.15, 0.2) is 5.82 Å². The molecule has 21 heavy (non-hydrogen) atoms. The molecule has 0 aromatic carbocycles. The molecule has 0 radical (unpaired) electrons. The van der Waals surface area contributed by atoms with Crippen LogP contribution in [0.1, 0.15) is 29.8 Å². The molecule has 0 aliphatic heterocycles. The van der Waals surface area contributed by atoms with Gasteiger partial charge in [0.1, 0.15) is 5.69 Å². The lowest BCUT2D eigenvalue weighted by Crippen LogP contribution is -2.17. The molecule has 2 aromatic heterocycles. The highest BCUT2D eigenvalue weighted by molar-refractivity contribution is 6.35. The van der Waals surface area contributed by atoms with Crippen molar-refractivity contribution >= 4 is 23.2 Å². The highest BCUT2D eigenvalue weighted by Crippen LogP contribution is 2.28. The fourth-order valence-corrected chi connectivity index (χ4v) is 3.00. The molecule has 112 valence electrons. The van der Waals surface area contributed by atoms with E-state index >= 15 is 0 Å². The molecule has 0 aliphatic rings. The van der Waals surface area contributed by atoms with E-state index in [0.29, 0.717) is 27.5 Å². The molecule has 1 atom stereocenters. The van der Waals surface area contributed by atoms with Gasteiger partial charge in [-0.15, -0.1) is 0 Å². The van der Waals surface area contributed by atoms with Gasteiger partial charge in [0.2, 0.25) is 0 Å². The van der Waals surface area contributed by atoms with Crippen molar-refractivity contribution < 1.29 is 0 Å². The van der Waals surface area contributed by atoms with Gasteiger partial charge in [-0.1, -0.05) is 30.1 Å². The zero-order valence-corrected chi connectivity index (χ0v) is 14.0. The van der Waals surface area contributed by atoms with Crippen molar-refractivity contribution in [2.75, 3.05) is 13.6 Å². The van der Waals surface area contributed by atoms with Gasteiger partial charge in [0.25, 0.3) is 0 Å². The van der Waals surface area contributed by atoms with Crippen LogP contribution in [0.4, 0.5) is 0 Å². The van der Waals surface area contributed by atoms with Crippen molar-refractivity contribution in [3.8, 4) is 11.5 Å². The Balaban J connectivity index is 2.49. The Labute approximate surface area is 134 Å². The molecule has 0 aliphatic carbocycles. The molecule has 0 fully saturated rings. The van der Waals surface area contributed by atoms with Crippen molar-refractivity contribution in [3.05, 3.63) is 39.3 Å². The highest BCUT2D eigenvalue weighted by Gasteiger charge is 2.17. The number of aromatic nitrogens is 3. The molecule has 2 aromatic rings. The summed E-state index contributed by atoms with van der Waals surface area (Å²) in [4.78, 5) is 13.4. The van der Waals surface area contributed by atoms with Gasteiger partial charge in [-0.05, 0) is 38.4 Å². The SMILES string of the molecule is CNCC(C)c1c(C)nc(-c2ncc(Cl)cc2Cl)nc1C. The Morgan fingerprint density at radius 3 is 2.33 bits per heavy atom. The zero-order valence-electron chi connectivity index (χ0n) is 12.5.